The van der Waals surface area contributed by atoms with Crippen LogP contribution in [0.5, 0.6) is 5.75 Å². The van der Waals surface area contributed by atoms with Gasteiger partial charge in [-0.2, -0.15) is 0 Å². The number of phenolic OH excluding ortho intramolecular Hbond substituents is 1. The van der Waals surface area contributed by atoms with Crippen molar-refractivity contribution in [3.05, 3.63) is 52.5 Å². The molecule has 0 aromatic heterocycles. The lowest BCUT2D eigenvalue weighted by molar-refractivity contribution is 0.256. The molecule has 0 aliphatic carbocycles. The molecule has 9 heteroatoms. The molecule has 0 saturated carbocycles. The molecule has 1 heterocycles. The molecular weight excluding hydrogens is 414 g/mol. The summed E-state index contributed by atoms with van der Waals surface area (Å²) in [6.07, 6.45) is 2.07. The Kier molecular flexibility index (Phi) is 6.79. The van der Waals surface area contributed by atoms with E-state index in [4.69, 9.17) is 17.3 Å². The van der Waals surface area contributed by atoms with Gasteiger partial charge in [0.2, 0.25) is 11.3 Å². The minimum Gasteiger partial charge on any atom is -0.505 e. The number of hydrogen-bond donors (Lipinski definition) is 3. The Bertz CT molecular complexity index is 940. The number of halogens is 1. The zero-order valence-electron chi connectivity index (χ0n) is 16.0. The van der Waals surface area contributed by atoms with E-state index >= 15 is 0 Å². The number of aryl methyl sites for hydroxylation is 1. The van der Waals surface area contributed by atoms with E-state index in [2.05, 4.69) is 0 Å². The Morgan fingerprint density at radius 1 is 1.31 bits per heavy atom. The second-order valence-corrected chi connectivity index (χ2v) is 8.33. The molecule has 2 aromatic rings. The van der Waals surface area contributed by atoms with Gasteiger partial charge in [-0.15, -0.1) is 0 Å². The van der Waals surface area contributed by atoms with Crippen LogP contribution in [-0.4, -0.2) is 37.3 Å². The summed E-state index contributed by atoms with van der Waals surface area (Å²) in [6, 6.07) is 9.79. The SMILES string of the molecule is CCc1ccccc1N(C(N)=O)c1ccc(Cl)c(C2CCCN(S(=O)O)C2)c1O. The van der Waals surface area contributed by atoms with Crippen molar-refractivity contribution >= 4 is 40.3 Å². The number of nitrogens with zero attached hydrogens (tertiary/aromatic N) is 2. The summed E-state index contributed by atoms with van der Waals surface area (Å²) >= 11 is 4.31. The van der Waals surface area contributed by atoms with E-state index in [0.717, 1.165) is 5.56 Å². The maximum atomic E-state index is 12.4. The van der Waals surface area contributed by atoms with E-state index in [1.807, 2.05) is 19.1 Å². The predicted molar refractivity (Wildman–Crippen MR) is 115 cm³/mol. The number of piperidine rings is 1. The number of aromatic hydroxyl groups is 1. The summed E-state index contributed by atoms with van der Waals surface area (Å²) in [6.45, 7) is 2.74. The quantitative estimate of drug-likeness (QED) is 0.611. The predicted octanol–water partition coefficient (Wildman–Crippen LogP) is 4.14. The van der Waals surface area contributed by atoms with Crippen molar-refractivity contribution in [1.29, 1.82) is 0 Å². The molecule has 29 heavy (non-hydrogen) atoms. The molecular formula is C20H24ClN3O4S. The lowest BCUT2D eigenvalue weighted by Crippen LogP contribution is -2.36. The van der Waals surface area contributed by atoms with Crippen molar-refractivity contribution in [2.75, 3.05) is 18.0 Å². The monoisotopic (exact) mass is 437 g/mol. The van der Waals surface area contributed by atoms with Crippen molar-refractivity contribution in [3.63, 3.8) is 0 Å². The van der Waals surface area contributed by atoms with Gasteiger partial charge in [0.1, 0.15) is 5.75 Å². The number of benzene rings is 2. The number of para-hydroxylation sites is 1. The second-order valence-electron chi connectivity index (χ2n) is 6.94. The fourth-order valence-corrected chi connectivity index (χ4v) is 4.76. The van der Waals surface area contributed by atoms with Crippen LogP contribution >= 0.6 is 11.6 Å². The van der Waals surface area contributed by atoms with Crippen LogP contribution in [0.15, 0.2) is 36.4 Å². The molecule has 2 aromatic carbocycles. The second kappa shape index (κ2) is 9.13. The van der Waals surface area contributed by atoms with Crippen LogP contribution in [0.4, 0.5) is 16.2 Å². The normalized spacial score (nSPS) is 18.4. The van der Waals surface area contributed by atoms with Crippen LogP contribution in [0.2, 0.25) is 5.02 Å². The maximum absolute atomic E-state index is 12.4. The highest BCUT2D eigenvalue weighted by Crippen LogP contribution is 2.45. The first-order valence-electron chi connectivity index (χ1n) is 9.39. The number of phenols is 1. The molecule has 0 bridgehead atoms. The standard InChI is InChI=1S/C20H24ClN3O4S/c1-2-13-6-3-4-8-16(13)24(20(22)26)17-10-9-15(21)18(19(17)25)14-7-5-11-23(12-14)29(27)28/h3-4,6,8-10,14,25H,2,5,7,11-12H2,1H3,(H2,22,26)(H,27,28). The number of primary amides is 1. The first-order chi connectivity index (χ1) is 13.8. The van der Waals surface area contributed by atoms with Gasteiger partial charge in [0.15, 0.2) is 0 Å². The van der Waals surface area contributed by atoms with Crippen molar-refractivity contribution in [2.24, 2.45) is 5.73 Å². The summed E-state index contributed by atoms with van der Waals surface area (Å²) in [5.41, 5.74) is 7.87. The number of carbonyl (C=O) groups is 1. The summed E-state index contributed by atoms with van der Waals surface area (Å²) in [7, 11) is 0. The first kappa shape index (κ1) is 21.6. The molecule has 1 aliphatic heterocycles. The lowest BCUT2D eigenvalue weighted by Gasteiger charge is -2.32. The minimum absolute atomic E-state index is 0.141. The molecule has 1 fully saturated rings. The maximum Gasteiger partial charge on any atom is 0.324 e. The van der Waals surface area contributed by atoms with Gasteiger partial charge in [0.25, 0.3) is 0 Å². The highest BCUT2D eigenvalue weighted by Gasteiger charge is 2.31. The van der Waals surface area contributed by atoms with Gasteiger partial charge in [0.05, 0.1) is 11.4 Å². The molecule has 2 atom stereocenters. The van der Waals surface area contributed by atoms with Gasteiger partial charge < -0.3 is 10.8 Å². The van der Waals surface area contributed by atoms with Gasteiger partial charge in [-0.1, -0.05) is 36.7 Å². The largest absolute Gasteiger partial charge is 0.505 e. The number of amides is 2. The Hall–Kier alpha value is -2.13. The van der Waals surface area contributed by atoms with Gasteiger partial charge >= 0.3 is 6.03 Å². The third-order valence-corrected chi connectivity index (χ3v) is 6.33. The fourth-order valence-electron chi connectivity index (χ4n) is 3.86. The van der Waals surface area contributed by atoms with E-state index in [9.17, 15) is 18.7 Å². The first-order valence-corrected chi connectivity index (χ1v) is 10.8. The highest BCUT2D eigenvalue weighted by atomic mass is 35.5. The third-order valence-electron chi connectivity index (χ3n) is 5.23. The van der Waals surface area contributed by atoms with Crippen molar-refractivity contribution in [1.82, 2.24) is 4.31 Å². The fraction of sp³-hybridized carbons (Fsp3) is 0.350. The Morgan fingerprint density at radius 3 is 2.69 bits per heavy atom. The van der Waals surface area contributed by atoms with Crippen LogP contribution in [0.25, 0.3) is 0 Å². The van der Waals surface area contributed by atoms with E-state index in [1.54, 1.807) is 24.3 Å². The third kappa shape index (κ3) is 4.40. The molecule has 3 rings (SSSR count). The van der Waals surface area contributed by atoms with Crippen LogP contribution in [-0.2, 0) is 17.7 Å². The van der Waals surface area contributed by atoms with Crippen LogP contribution < -0.4 is 10.6 Å². The molecule has 2 amide bonds. The zero-order chi connectivity index (χ0) is 21.1. The lowest BCUT2D eigenvalue weighted by atomic mass is 9.90. The van der Waals surface area contributed by atoms with E-state index < -0.39 is 17.3 Å². The highest BCUT2D eigenvalue weighted by molar-refractivity contribution is 7.76. The van der Waals surface area contributed by atoms with Gasteiger partial charge in [-0.25, -0.2) is 13.3 Å². The van der Waals surface area contributed by atoms with E-state index in [1.165, 1.54) is 9.21 Å². The molecule has 2 unspecified atom stereocenters. The molecule has 156 valence electrons. The van der Waals surface area contributed by atoms with Crippen molar-refractivity contribution in [3.8, 4) is 5.75 Å². The van der Waals surface area contributed by atoms with Gasteiger partial charge in [0, 0.05) is 29.6 Å². The summed E-state index contributed by atoms with van der Waals surface area (Å²) in [5.74, 6) is -0.388. The van der Waals surface area contributed by atoms with E-state index in [0.29, 0.717) is 42.1 Å². The number of hydrogen-bond acceptors (Lipinski definition) is 3. The number of anilines is 2. The number of carbonyl (C=O) groups excluding carboxylic acids is 1. The van der Waals surface area contributed by atoms with Gasteiger partial charge in [-0.05, 0) is 43.0 Å². The minimum atomic E-state index is -2.09. The molecule has 7 nitrogen and oxygen atoms in total. The van der Waals surface area contributed by atoms with Crippen LogP contribution in [0.1, 0.15) is 36.8 Å². The number of urea groups is 1. The van der Waals surface area contributed by atoms with Crippen molar-refractivity contribution in [2.45, 2.75) is 32.1 Å². The Labute approximate surface area is 177 Å². The molecule has 0 radical (unpaired) electrons. The molecule has 0 spiro atoms. The van der Waals surface area contributed by atoms with Crippen LogP contribution in [0, 0.1) is 0 Å². The van der Waals surface area contributed by atoms with Gasteiger partial charge in [-0.3, -0.25) is 9.45 Å². The summed E-state index contributed by atoms with van der Waals surface area (Å²) in [4.78, 5) is 13.6. The summed E-state index contributed by atoms with van der Waals surface area (Å²) in [5, 5.41) is 11.4. The van der Waals surface area contributed by atoms with Crippen molar-refractivity contribution < 1.29 is 18.7 Å². The summed E-state index contributed by atoms with van der Waals surface area (Å²) < 4.78 is 22.4. The number of rotatable bonds is 5. The molecule has 1 saturated heterocycles. The molecule has 4 N–H and O–H groups in total. The zero-order valence-corrected chi connectivity index (χ0v) is 17.6. The average molecular weight is 438 g/mol. The average Bonchev–Trinajstić information content (AvgIpc) is 2.70. The van der Waals surface area contributed by atoms with Crippen LogP contribution in [0.3, 0.4) is 0 Å². The smallest absolute Gasteiger partial charge is 0.324 e. The Balaban J connectivity index is 2.09. The number of nitrogens with two attached hydrogens (primary N) is 1. The molecule has 1 aliphatic rings. The topological polar surface area (TPSA) is 107 Å². The Morgan fingerprint density at radius 2 is 2.03 bits per heavy atom. The van der Waals surface area contributed by atoms with E-state index in [-0.39, 0.29) is 23.9 Å².